The number of hydrogen-bond acceptors (Lipinski definition) is 8. The number of nitrogens with zero attached hydrogens (tertiary/aromatic N) is 1. The predicted octanol–water partition coefficient (Wildman–Crippen LogP) is 2.57. The minimum Gasteiger partial charge on any atom is -0.460 e. The number of thioether (sulfide) groups is 1. The van der Waals surface area contributed by atoms with Crippen molar-refractivity contribution in [2.24, 2.45) is 5.73 Å². The number of nitrogens with one attached hydrogen (secondary N) is 2. The molecule has 3 rings (SSSR count). The molecule has 0 aliphatic rings. The van der Waals surface area contributed by atoms with Crippen molar-refractivity contribution in [2.45, 2.75) is 12.1 Å². The van der Waals surface area contributed by atoms with Crippen LogP contribution in [-0.2, 0) is 14.3 Å². The Bertz CT molecular complexity index is 1060. The topological polar surface area (TPSA) is 136 Å². The van der Waals surface area contributed by atoms with Gasteiger partial charge in [0.05, 0.1) is 33.8 Å². The smallest absolute Gasteiger partial charge is 0.341 e. The quantitative estimate of drug-likeness (QED) is 0.260. The second-order valence-corrected chi connectivity index (χ2v) is 8.13. The van der Waals surface area contributed by atoms with Crippen LogP contribution in [-0.4, -0.2) is 53.8 Å². The first-order chi connectivity index (χ1) is 14.4. The van der Waals surface area contributed by atoms with Crippen molar-refractivity contribution in [1.82, 2.24) is 9.97 Å². The van der Waals surface area contributed by atoms with Crippen LogP contribution >= 0.6 is 23.1 Å². The Balaban J connectivity index is 1.72. The Morgan fingerprint density at radius 3 is 2.73 bits per heavy atom. The second-order valence-electron chi connectivity index (χ2n) is 6.15. The molecule has 0 saturated heterocycles. The number of hydrogen-bond donors (Lipinski definition) is 3. The number of imidazole rings is 1. The van der Waals surface area contributed by atoms with E-state index in [1.54, 1.807) is 6.92 Å². The highest BCUT2D eigenvalue weighted by Gasteiger charge is 2.26. The summed E-state index contributed by atoms with van der Waals surface area (Å²) in [6.07, 6.45) is 0. The maximum Gasteiger partial charge on any atom is 0.341 e. The Kier molecular flexibility index (Phi) is 7.08. The summed E-state index contributed by atoms with van der Waals surface area (Å²) in [4.78, 5) is 44.3. The number of carbonyl (C=O) groups excluding carboxylic acids is 3. The van der Waals surface area contributed by atoms with Crippen molar-refractivity contribution in [1.29, 1.82) is 0 Å². The predicted molar refractivity (Wildman–Crippen MR) is 115 cm³/mol. The van der Waals surface area contributed by atoms with Crippen LogP contribution in [0.4, 0.5) is 5.00 Å². The number of para-hydroxylation sites is 2. The fraction of sp³-hybridized carbons (Fsp3) is 0.263. The molecule has 0 saturated carbocycles. The lowest BCUT2D eigenvalue weighted by atomic mass is 10.1. The normalized spacial score (nSPS) is 10.9. The fourth-order valence-electron chi connectivity index (χ4n) is 2.67. The molecule has 0 unspecified atom stereocenters. The highest BCUT2D eigenvalue weighted by molar-refractivity contribution is 7.99. The van der Waals surface area contributed by atoms with E-state index in [0.29, 0.717) is 10.7 Å². The molecule has 0 bridgehead atoms. The number of rotatable bonds is 9. The number of carbonyl (C=O) groups is 3. The third-order valence-electron chi connectivity index (χ3n) is 4.06. The van der Waals surface area contributed by atoms with Crippen LogP contribution in [0.1, 0.15) is 25.6 Å². The molecule has 1 aromatic carbocycles. The van der Waals surface area contributed by atoms with Crippen LogP contribution in [0.2, 0.25) is 0 Å². The standard InChI is InChI=1S/C19H20N4O5S2/c1-10-14(18(26)28-8-7-27-2)17(30-15(10)16(20)25)23-13(24)9-29-19-21-11-5-3-4-6-12(11)22-19/h3-6H,7-9H2,1-2H3,(H2,20,25)(H,21,22)(H,23,24). The van der Waals surface area contributed by atoms with E-state index >= 15 is 0 Å². The number of benzene rings is 1. The maximum absolute atomic E-state index is 12.5. The molecule has 30 heavy (non-hydrogen) atoms. The van der Waals surface area contributed by atoms with E-state index in [9.17, 15) is 14.4 Å². The van der Waals surface area contributed by atoms with E-state index in [0.717, 1.165) is 22.4 Å². The van der Waals surface area contributed by atoms with Crippen LogP contribution < -0.4 is 11.1 Å². The summed E-state index contributed by atoms with van der Waals surface area (Å²) in [6.45, 7) is 1.86. The summed E-state index contributed by atoms with van der Waals surface area (Å²) in [5.41, 5.74) is 7.56. The molecule has 11 heteroatoms. The highest BCUT2D eigenvalue weighted by Crippen LogP contribution is 2.33. The van der Waals surface area contributed by atoms with Gasteiger partial charge < -0.3 is 25.5 Å². The zero-order chi connectivity index (χ0) is 21.7. The summed E-state index contributed by atoms with van der Waals surface area (Å²) in [5.74, 6) is -1.64. The zero-order valence-electron chi connectivity index (χ0n) is 16.3. The van der Waals surface area contributed by atoms with E-state index in [1.165, 1.54) is 18.9 Å². The lowest BCUT2D eigenvalue weighted by Crippen LogP contribution is -2.17. The first-order valence-corrected chi connectivity index (χ1v) is 10.7. The molecule has 2 amide bonds. The van der Waals surface area contributed by atoms with Gasteiger partial charge in [-0.15, -0.1) is 11.3 Å². The number of aromatic nitrogens is 2. The summed E-state index contributed by atoms with van der Waals surface area (Å²) in [7, 11) is 1.49. The van der Waals surface area contributed by atoms with Gasteiger partial charge in [-0.2, -0.15) is 0 Å². The first-order valence-electron chi connectivity index (χ1n) is 8.87. The van der Waals surface area contributed by atoms with E-state index in [2.05, 4.69) is 15.3 Å². The van der Waals surface area contributed by atoms with E-state index in [-0.39, 0.29) is 40.3 Å². The zero-order valence-corrected chi connectivity index (χ0v) is 17.9. The van der Waals surface area contributed by atoms with Crippen LogP contribution in [0.15, 0.2) is 29.4 Å². The Hall–Kier alpha value is -2.89. The molecule has 158 valence electrons. The molecule has 0 aliphatic heterocycles. The number of H-pyrrole nitrogens is 1. The van der Waals surface area contributed by atoms with Gasteiger partial charge in [0, 0.05) is 7.11 Å². The molecule has 0 aliphatic carbocycles. The molecule has 0 atom stereocenters. The minimum atomic E-state index is -0.680. The average molecular weight is 449 g/mol. The highest BCUT2D eigenvalue weighted by atomic mass is 32.2. The van der Waals surface area contributed by atoms with Crippen molar-refractivity contribution >= 4 is 56.9 Å². The Labute approximate surface area is 180 Å². The van der Waals surface area contributed by atoms with E-state index in [4.69, 9.17) is 15.2 Å². The van der Waals surface area contributed by atoms with Crippen LogP contribution in [0.3, 0.4) is 0 Å². The van der Waals surface area contributed by atoms with Gasteiger partial charge in [-0.25, -0.2) is 9.78 Å². The largest absolute Gasteiger partial charge is 0.460 e. The van der Waals surface area contributed by atoms with Gasteiger partial charge in [0.25, 0.3) is 5.91 Å². The number of primary amides is 1. The van der Waals surface area contributed by atoms with Crippen molar-refractivity contribution < 1.29 is 23.9 Å². The number of anilines is 1. The second kappa shape index (κ2) is 9.74. The van der Waals surface area contributed by atoms with Crippen LogP contribution in [0, 0.1) is 6.92 Å². The SMILES string of the molecule is COCCOC(=O)c1c(NC(=O)CSc2nc3ccccc3[nH]2)sc(C(N)=O)c1C. The molecule has 0 radical (unpaired) electrons. The molecule has 4 N–H and O–H groups in total. The first kappa shape index (κ1) is 21.8. The summed E-state index contributed by atoms with van der Waals surface area (Å²) >= 11 is 2.17. The number of aromatic amines is 1. The third kappa shape index (κ3) is 4.99. The van der Waals surface area contributed by atoms with E-state index in [1.807, 2.05) is 24.3 Å². The third-order valence-corrected chi connectivity index (χ3v) is 6.15. The molecular formula is C19H20N4O5S2. The number of amides is 2. The number of nitrogens with two attached hydrogens (primary N) is 1. The molecular weight excluding hydrogens is 428 g/mol. The number of methoxy groups -OCH3 is 1. The van der Waals surface area contributed by atoms with Crippen LogP contribution in [0.25, 0.3) is 11.0 Å². The fourth-order valence-corrected chi connectivity index (χ4v) is 4.41. The summed E-state index contributed by atoms with van der Waals surface area (Å²) in [5, 5.41) is 3.50. The maximum atomic E-state index is 12.5. The van der Waals surface area contributed by atoms with Gasteiger partial charge in [0.2, 0.25) is 5.91 Å². The van der Waals surface area contributed by atoms with Gasteiger partial charge in [-0.3, -0.25) is 9.59 Å². The van der Waals surface area contributed by atoms with Gasteiger partial charge >= 0.3 is 5.97 Å². The van der Waals surface area contributed by atoms with Gasteiger partial charge in [-0.1, -0.05) is 23.9 Å². The van der Waals surface area contributed by atoms with Gasteiger partial charge in [0.15, 0.2) is 5.16 Å². The monoisotopic (exact) mass is 448 g/mol. The molecule has 3 aromatic rings. The summed E-state index contributed by atoms with van der Waals surface area (Å²) in [6, 6.07) is 7.54. The van der Waals surface area contributed by atoms with Crippen molar-refractivity contribution in [3.63, 3.8) is 0 Å². The average Bonchev–Trinajstić information content (AvgIpc) is 3.27. The van der Waals surface area contributed by atoms with Gasteiger partial charge in [0.1, 0.15) is 11.6 Å². The van der Waals surface area contributed by atoms with Crippen molar-refractivity contribution in [3.8, 4) is 0 Å². The molecule has 0 spiro atoms. The van der Waals surface area contributed by atoms with Crippen LogP contribution in [0.5, 0.6) is 0 Å². The summed E-state index contributed by atoms with van der Waals surface area (Å²) < 4.78 is 10.0. The van der Waals surface area contributed by atoms with Crippen molar-refractivity contribution in [3.05, 3.63) is 40.3 Å². The lowest BCUT2D eigenvalue weighted by molar-refractivity contribution is -0.113. The molecule has 2 heterocycles. The molecule has 2 aromatic heterocycles. The molecule has 9 nitrogen and oxygen atoms in total. The molecule has 0 fully saturated rings. The van der Waals surface area contributed by atoms with Crippen molar-refractivity contribution in [2.75, 3.05) is 31.4 Å². The Morgan fingerprint density at radius 1 is 1.27 bits per heavy atom. The minimum absolute atomic E-state index is 0.0474. The number of fused-ring (bicyclic) bond motifs is 1. The number of ether oxygens (including phenoxy) is 2. The number of thiophene rings is 1. The van der Waals surface area contributed by atoms with E-state index < -0.39 is 11.9 Å². The Morgan fingerprint density at radius 2 is 2.03 bits per heavy atom. The van der Waals surface area contributed by atoms with Gasteiger partial charge in [-0.05, 0) is 24.6 Å². The lowest BCUT2D eigenvalue weighted by Gasteiger charge is -2.07. The number of esters is 1.